The number of hydrogen-bond donors (Lipinski definition) is 0. The summed E-state index contributed by atoms with van der Waals surface area (Å²) in [5.41, 5.74) is -1.81. The van der Waals surface area contributed by atoms with Gasteiger partial charge in [0.25, 0.3) is 5.56 Å². The summed E-state index contributed by atoms with van der Waals surface area (Å²) in [5, 5.41) is 0.0334. The SMILES string of the molecule is CCOC(=O)c1c(N(C(=O)OC(C)(C)C)C(=O)OC(C)(C)C)n(-c2c(C)ccc(OC)c2C)c(=O)c2cc(Br)cnc12. The van der Waals surface area contributed by atoms with Gasteiger partial charge >= 0.3 is 18.2 Å². The van der Waals surface area contributed by atoms with Crippen molar-refractivity contribution < 1.29 is 33.3 Å². The van der Waals surface area contributed by atoms with Crippen LogP contribution in [-0.2, 0) is 14.2 Å². The number of carbonyl (C=O) groups is 3. The van der Waals surface area contributed by atoms with Crippen LogP contribution in [0.2, 0.25) is 0 Å². The first-order valence-corrected chi connectivity index (χ1v) is 14.0. The van der Waals surface area contributed by atoms with Gasteiger partial charge in [0.05, 0.1) is 30.3 Å². The number of amides is 2. The highest BCUT2D eigenvalue weighted by Crippen LogP contribution is 2.36. The number of benzene rings is 1. The van der Waals surface area contributed by atoms with Crippen molar-refractivity contribution in [3.05, 3.63) is 55.9 Å². The molecule has 0 saturated carbocycles. The Bertz CT molecular complexity index is 1590. The van der Waals surface area contributed by atoms with Crippen LogP contribution in [0.3, 0.4) is 0 Å². The fraction of sp³-hybridized carbons (Fsp3) is 0.433. The first-order valence-electron chi connectivity index (χ1n) is 13.2. The summed E-state index contributed by atoms with van der Waals surface area (Å²) in [4.78, 5) is 60.8. The molecule has 3 aromatic rings. The maximum absolute atomic E-state index is 14.4. The van der Waals surface area contributed by atoms with E-state index in [0.29, 0.717) is 26.2 Å². The van der Waals surface area contributed by atoms with Crippen LogP contribution in [-0.4, -0.2) is 52.6 Å². The second-order valence-corrected chi connectivity index (χ2v) is 12.4. The predicted molar refractivity (Wildman–Crippen MR) is 162 cm³/mol. The van der Waals surface area contributed by atoms with Crippen LogP contribution in [0.25, 0.3) is 16.6 Å². The Labute approximate surface area is 252 Å². The summed E-state index contributed by atoms with van der Waals surface area (Å²) in [6, 6.07) is 4.95. The van der Waals surface area contributed by atoms with Crippen molar-refractivity contribution in [3.8, 4) is 11.4 Å². The number of carbonyl (C=O) groups excluding carboxylic acids is 3. The molecule has 0 aliphatic heterocycles. The number of aromatic nitrogens is 2. The van der Waals surface area contributed by atoms with E-state index in [1.54, 1.807) is 74.4 Å². The molecule has 0 fully saturated rings. The molecule has 0 aliphatic carbocycles. The Balaban J connectivity index is 2.70. The van der Waals surface area contributed by atoms with E-state index in [2.05, 4.69) is 20.9 Å². The summed E-state index contributed by atoms with van der Waals surface area (Å²) in [7, 11) is 1.48. The van der Waals surface area contributed by atoms with E-state index < -0.39 is 40.7 Å². The second-order valence-electron chi connectivity index (χ2n) is 11.5. The van der Waals surface area contributed by atoms with Crippen molar-refractivity contribution in [1.29, 1.82) is 0 Å². The van der Waals surface area contributed by atoms with E-state index in [4.69, 9.17) is 18.9 Å². The van der Waals surface area contributed by atoms with Crippen LogP contribution in [0.4, 0.5) is 15.4 Å². The van der Waals surface area contributed by atoms with Gasteiger partial charge in [-0.2, -0.15) is 4.90 Å². The summed E-state index contributed by atoms with van der Waals surface area (Å²) >= 11 is 3.35. The molecule has 226 valence electrons. The van der Waals surface area contributed by atoms with Crippen LogP contribution in [0.15, 0.2) is 33.7 Å². The number of nitrogens with zero attached hydrogens (tertiary/aromatic N) is 3. The average Bonchev–Trinajstić information content (AvgIpc) is 2.84. The number of imide groups is 1. The van der Waals surface area contributed by atoms with Crippen molar-refractivity contribution in [1.82, 2.24) is 9.55 Å². The minimum Gasteiger partial charge on any atom is -0.496 e. The molecule has 3 rings (SSSR count). The number of rotatable bonds is 5. The summed E-state index contributed by atoms with van der Waals surface area (Å²) in [6.45, 7) is 14.7. The molecule has 42 heavy (non-hydrogen) atoms. The molecule has 12 heteroatoms. The fourth-order valence-electron chi connectivity index (χ4n) is 4.29. The van der Waals surface area contributed by atoms with E-state index in [1.807, 2.05) is 0 Å². The molecular formula is C30H36BrN3O8. The number of aryl methyl sites for hydroxylation is 1. The lowest BCUT2D eigenvalue weighted by molar-refractivity contribution is 0.0427. The normalized spacial score (nSPS) is 11.7. The zero-order chi connectivity index (χ0) is 31.7. The minimum absolute atomic E-state index is 0.0334. The monoisotopic (exact) mass is 645 g/mol. The van der Waals surface area contributed by atoms with Crippen molar-refractivity contribution in [2.75, 3.05) is 18.6 Å². The average molecular weight is 647 g/mol. The lowest BCUT2D eigenvalue weighted by atomic mass is 10.0. The number of hydrogen-bond acceptors (Lipinski definition) is 9. The molecule has 0 radical (unpaired) electrons. The highest BCUT2D eigenvalue weighted by atomic mass is 79.9. The number of ether oxygens (including phenoxy) is 4. The molecule has 0 bridgehead atoms. The maximum atomic E-state index is 14.4. The third-order valence-electron chi connectivity index (χ3n) is 5.83. The quantitative estimate of drug-likeness (QED) is 0.222. The molecule has 0 N–H and O–H groups in total. The molecule has 11 nitrogen and oxygen atoms in total. The van der Waals surface area contributed by atoms with Crippen LogP contribution in [0.5, 0.6) is 5.75 Å². The van der Waals surface area contributed by atoms with Crippen LogP contribution >= 0.6 is 15.9 Å². The number of esters is 1. The Morgan fingerprint density at radius 1 is 1.00 bits per heavy atom. The Kier molecular flexibility index (Phi) is 9.41. The van der Waals surface area contributed by atoms with Gasteiger partial charge in [0.1, 0.15) is 22.5 Å². The minimum atomic E-state index is -1.18. The molecule has 0 spiro atoms. The second kappa shape index (κ2) is 12.1. The van der Waals surface area contributed by atoms with Crippen molar-refractivity contribution in [2.24, 2.45) is 0 Å². The first-order chi connectivity index (χ1) is 19.4. The van der Waals surface area contributed by atoms with Gasteiger partial charge in [0.2, 0.25) is 0 Å². The van der Waals surface area contributed by atoms with Gasteiger partial charge in [-0.1, -0.05) is 6.07 Å². The van der Waals surface area contributed by atoms with E-state index in [1.165, 1.54) is 19.4 Å². The first kappa shape index (κ1) is 32.6. The van der Waals surface area contributed by atoms with Gasteiger partial charge in [0, 0.05) is 16.2 Å². The third kappa shape index (κ3) is 6.75. The fourth-order valence-corrected chi connectivity index (χ4v) is 4.62. The van der Waals surface area contributed by atoms with Gasteiger partial charge in [-0.25, -0.2) is 14.4 Å². The molecule has 2 heterocycles. The smallest absolute Gasteiger partial charge is 0.425 e. The number of pyridine rings is 2. The standard InChI is InChI=1S/C30H36BrN3O8/c1-11-40-26(36)21-22-19(14-18(31)15-32-22)25(35)33(23-16(2)12-13-20(39-10)17(23)3)24(21)34(27(37)41-29(4,5)6)28(38)42-30(7,8)9/h12-15H,11H2,1-10H3. The topological polar surface area (TPSA) is 126 Å². The Morgan fingerprint density at radius 2 is 1.57 bits per heavy atom. The largest absolute Gasteiger partial charge is 0.496 e. The highest BCUT2D eigenvalue weighted by Gasteiger charge is 2.40. The number of anilines is 1. The zero-order valence-corrected chi connectivity index (χ0v) is 27.1. The third-order valence-corrected chi connectivity index (χ3v) is 6.26. The maximum Gasteiger partial charge on any atom is 0.425 e. The van der Waals surface area contributed by atoms with Gasteiger partial charge in [-0.3, -0.25) is 14.3 Å². The Morgan fingerprint density at radius 3 is 2.07 bits per heavy atom. The van der Waals surface area contributed by atoms with Crippen molar-refractivity contribution in [3.63, 3.8) is 0 Å². The van der Waals surface area contributed by atoms with Gasteiger partial charge in [-0.05, 0) is 95.9 Å². The summed E-state index contributed by atoms with van der Waals surface area (Å²) in [6.07, 6.45) is -0.957. The van der Waals surface area contributed by atoms with Crippen LogP contribution in [0.1, 0.15) is 70.0 Å². The molecular weight excluding hydrogens is 610 g/mol. The van der Waals surface area contributed by atoms with Crippen LogP contribution in [0, 0.1) is 13.8 Å². The molecule has 2 amide bonds. The number of methoxy groups -OCH3 is 1. The summed E-state index contributed by atoms with van der Waals surface area (Å²) in [5.74, 6) is -0.931. The van der Waals surface area contributed by atoms with Gasteiger partial charge in [0.15, 0.2) is 5.82 Å². The van der Waals surface area contributed by atoms with E-state index in [9.17, 15) is 19.2 Å². The van der Waals surface area contributed by atoms with E-state index in [0.717, 1.165) is 4.57 Å². The molecule has 2 aromatic heterocycles. The molecule has 0 aliphatic rings. The molecule has 0 saturated heterocycles. The molecule has 1 aromatic carbocycles. The molecule has 0 atom stereocenters. The number of fused-ring (bicyclic) bond motifs is 1. The lowest BCUT2D eigenvalue weighted by Crippen LogP contribution is -2.47. The molecule has 0 unspecified atom stereocenters. The van der Waals surface area contributed by atoms with Crippen molar-refractivity contribution in [2.45, 2.75) is 73.5 Å². The van der Waals surface area contributed by atoms with Gasteiger partial charge < -0.3 is 18.9 Å². The van der Waals surface area contributed by atoms with Gasteiger partial charge in [-0.15, -0.1) is 0 Å². The zero-order valence-electron chi connectivity index (χ0n) is 25.5. The Hall–Kier alpha value is -3.93. The number of halogens is 1. The summed E-state index contributed by atoms with van der Waals surface area (Å²) < 4.78 is 23.7. The predicted octanol–water partition coefficient (Wildman–Crippen LogP) is 6.63. The highest BCUT2D eigenvalue weighted by molar-refractivity contribution is 9.10. The lowest BCUT2D eigenvalue weighted by Gasteiger charge is -2.31. The van der Waals surface area contributed by atoms with E-state index in [-0.39, 0.29) is 28.8 Å². The van der Waals surface area contributed by atoms with Crippen molar-refractivity contribution >= 4 is 50.8 Å². The van der Waals surface area contributed by atoms with E-state index >= 15 is 0 Å². The van der Waals surface area contributed by atoms with Crippen LogP contribution < -0.4 is 15.2 Å².